The lowest BCUT2D eigenvalue weighted by atomic mass is 10.2. The summed E-state index contributed by atoms with van der Waals surface area (Å²) < 4.78 is 0. The van der Waals surface area contributed by atoms with E-state index in [0.29, 0.717) is 19.4 Å². The molecule has 1 aliphatic carbocycles. The van der Waals surface area contributed by atoms with E-state index in [1.165, 1.54) is 0 Å². The van der Waals surface area contributed by atoms with Gasteiger partial charge >= 0.3 is 0 Å². The minimum absolute atomic E-state index is 0.0911. The molecule has 4 heteroatoms. The first-order valence-electron chi connectivity index (χ1n) is 4.69. The normalized spacial score (nSPS) is 24.1. The van der Waals surface area contributed by atoms with Crippen molar-refractivity contribution in [3.05, 3.63) is 0 Å². The molecule has 1 saturated carbocycles. The third-order valence-electron chi connectivity index (χ3n) is 2.70. The average Bonchev–Trinajstić information content (AvgIpc) is 2.69. The highest BCUT2D eigenvalue weighted by Crippen LogP contribution is 2.42. The summed E-state index contributed by atoms with van der Waals surface area (Å²) in [6, 6.07) is 0. The molecular formula is C9H14N2O2. The van der Waals surface area contributed by atoms with Crippen LogP contribution in [0.3, 0.4) is 0 Å². The van der Waals surface area contributed by atoms with Crippen LogP contribution in [0.25, 0.3) is 0 Å². The standard InChI is InChI=1S/C9H14N2O2/c1-7(12)2-5-11-8(13)6-9(10-11)3-4-9/h10H,2-6H2,1H3. The van der Waals surface area contributed by atoms with Crippen LogP contribution in [0.5, 0.6) is 0 Å². The molecule has 0 aromatic carbocycles. The van der Waals surface area contributed by atoms with Crippen molar-refractivity contribution in [2.45, 2.75) is 38.1 Å². The Kier molecular flexibility index (Phi) is 1.87. The van der Waals surface area contributed by atoms with E-state index in [0.717, 1.165) is 12.8 Å². The molecule has 2 aliphatic rings. The Morgan fingerprint density at radius 2 is 2.31 bits per heavy atom. The lowest BCUT2D eigenvalue weighted by Gasteiger charge is -2.16. The second kappa shape index (κ2) is 2.80. The molecule has 1 spiro atoms. The summed E-state index contributed by atoms with van der Waals surface area (Å²) in [5, 5.41) is 1.61. The number of amides is 1. The third-order valence-corrected chi connectivity index (χ3v) is 2.70. The van der Waals surface area contributed by atoms with E-state index in [-0.39, 0.29) is 17.2 Å². The van der Waals surface area contributed by atoms with Crippen LogP contribution in [-0.4, -0.2) is 28.8 Å². The van der Waals surface area contributed by atoms with Crippen molar-refractivity contribution >= 4 is 11.7 Å². The van der Waals surface area contributed by atoms with Crippen LogP contribution in [0.4, 0.5) is 0 Å². The number of carbonyl (C=O) groups is 2. The van der Waals surface area contributed by atoms with E-state index in [1.807, 2.05) is 0 Å². The number of carbonyl (C=O) groups excluding carboxylic acids is 2. The second-order valence-corrected chi connectivity index (χ2v) is 4.07. The lowest BCUT2D eigenvalue weighted by molar-refractivity contribution is -0.130. The van der Waals surface area contributed by atoms with Crippen molar-refractivity contribution in [2.75, 3.05) is 6.54 Å². The maximum atomic E-state index is 11.4. The number of hydrazine groups is 1. The minimum atomic E-state index is 0.0911. The second-order valence-electron chi connectivity index (χ2n) is 4.07. The average molecular weight is 182 g/mol. The predicted octanol–water partition coefficient (Wildman–Crippen LogP) is 0.235. The van der Waals surface area contributed by atoms with Crippen molar-refractivity contribution in [3.8, 4) is 0 Å². The molecule has 0 aromatic heterocycles. The first kappa shape index (κ1) is 8.69. The van der Waals surface area contributed by atoms with E-state index in [1.54, 1.807) is 11.9 Å². The summed E-state index contributed by atoms with van der Waals surface area (Å²) in [6.07, 6.45) is 3.25. The van der Waals surface area contributed by atoms with Gasteiger partial charge in [0.1, 0.15) is 5.78 Å². The molecule has 1 amide bonds. The Bertz CT molecular complexity index is 258. The van der Waals surface area contributed by atoms with E-state index < -0.39 is 0 Å². The summed E-state index contributed by atoms with van der Waals surface area (Å²) in [5.74, 6) is 0.269. The molecule has 0 unspecified atom stereocenters. The highest BCUT2D eigenvalue weighted by Gasteiger charge is 2.51. The smallest absolute Gasteiger partial charge is 0.238 e. The summed E-state index contributed by atoms with van der Waals surface area (Å²) in [6.45, 7) is 2.07. The van der Waals surface area contributed by atoms with Gasteiger partial charge in [0.05, 0.1) is 0 Å². The van der Waals surface area contributed by atoms with Gasteiger partial charge in [-0.2, -0.15) is 0 Å². The van der Waals surface area contributed by atoms with Crippen LogP contribution in [0.2, 0.25) is 0 Å². The number of Topliss-reactive ketones (excluding diaryl/α,β-unsaturated/α-hetero) is 1. The quantitative estimate of drug-likeness (QED) is 0.680. The van der Waals surface area contributed by atoms with Crippen LogP contribution in [0.15, 0.2) is 0 Å². The van der Waals surface area contributed by atoms with Gasteiger partial charge in [-0.05, 0) is 19.8 Å². The van der Waals surface area contributed by atoms with Gasteiger partial charge in [0.25, 0.3) is 0 Å². The van der Waals surface area contributed by atoms with Crippen LogP contribution >= 0.6 is 0 Å². The maximum absolute atomic E-state index is 11.4. The Balaban J connectivity index is 1.86. The Labute approximate surface area is 77.3 Å². The van der Waals surface area contributed by atoms with Crippen molar-refractivity contribution in [3.63, 3.8) is 0 Å². The molecule has 0 aromatic rings. The van der Waals surface area contributed by atoms with Gasteiger partial charge in [0, 0.05) is 24.9 Å². The van der Waals surface area contributed by atoms with Crippen LogP contribution in [0, 0.1) is 0 Å². The van der Waals surface area contributed by atoms with Crippen LogP contribution in [0.1, 0.15) is 32.6 Å². The molecule has 13 heavy (non-hydrogen) atoms. The minimum Gasteiger partial charge on any atom is -0.300 e. The molecule has 1 N–H and O–H groups in total. The van der Waals surface area contributed by atoms with Gasteiger partial charge in [-0.1, -0.05) is 0 Å². The van der Waals surface area contributed by atoms with E-state index >= 15 is 0 Å². The molecule has 72 valence electrons. The van der Waals surface area contributed by atoms with E-state index in [2.05, 4.69) is 5.43 Å². The fourth-order valence-electron chi connectivity index (χ4n) is 1.66. The van der Waals surface area contributed by atoms with Gasteiger partial charge in [0.15, 0.2) is 0 Å². The first-order chi connectivity index (χ1) is 6.11. The molecule has 0 bridgehead atoms. The molecule has 4 nitrogen and oxygen atoms in total. The van der Waals surface area contributed by atoms with Crippen molar-refractivity contribution < 1.29 is 9.59 Å². The first-order valence-corrected chi connectivity index (χ1v) is 4.69. The fourth-order valence-corrected chi connectivity index (χ4v) is 1.66. The third kappa shape index (κ3) is 1.72. The highest BCUT2D eigenvalue weighted by molar-refractivity contribution is 5.81. The van der Waals surface area contributed by atoms with Crippen molar-refractivity contribution in [2.24, 2.45) is 0 Å². The molecular weight excluding hydrogens is 168 g/mol. The van der Waals surface area contributed by atoms with E-state index in [4.69, 9.17) is 0 Å². The van der Waals surface area contributed by atoms with Crippen LogP contribution in [-0.2, 0) is 9.59 Å². The van der Waals surface area contributed by atoms with Crippen LogP contribution < -0.4 is 5.43 Å². The van der Waals surface area contributed by atoms with Gasteiger partial charge < -0.3 is 0 Å². The molecule has 1 heterocycles. The SMILES string of the molecule is CC(=O)CCN1NC2(CC2)CC1=O. The summed E-state index contributed by atoms with van der Waals surface area (Å²) in [7, 11) is 0. The van der Waals surface area contributed by atoms with Gasteiger partial charge in [0.2, 0.25) is 5.91 Å². The van der Waals surface area contributed by atoms with Gasteiger partial charge in [-0.15, -0.1) is 0 Å². The number of rotatable bonds is 3. The molecule has 1 aliphatic heterocycles. The lowest BCUT2D eigenvalue weighted by Crippen LogP contribution is -2.39. The molecule has 0 atom stereocenters. The maximum Gasteiger partial charge on any atom is 0.238 e. The zero-order valence-electron chi connectivity index (χ0n) is 7.80. The number of ketones is 1. The highest BCUT2D eigenvalue weighted by atomic mass is 16.2. The largest absolute Gasteiger partial charge is 0.300 e. The molecule has 2 fully saturated rings. The Hall–Kier alpha value is -0.900. The summed E-state index contributed by atoms with van der Waals surface area (Å²) in [4.78, 5) is 22.1. The zero-order valence-corrected chi connectivity index (χ0v) is 7.80. The number of hydrogen-bond donors (Lipinski definition) is 1. The predicted molar refractivity (Wildman–Crippen MR) is 46.7 cm³/mol. The monoisotopic (exact) mass is 182 g/mol. The molecule has 0 radical (unpaired) electrons. The molecule has 2 rings (SSSR count). The number of nitrogens with zero attached hydrogens (tertiary/aromatic N) is 1. The van der Waals surface area contributed by atoms with E-state index in [9.17, 15) is 9.59 Å². The molecule has 1 saturated heterocycles. The van der Waals surface area contributed by atoms with Gasteiger partial charge in [-0.3, -0.25) is 14.6 Å². The topological polar surface area (TPSA) is 49.4 Å². The number of nitrogens with one attached hydrogen (secondary N) is 1. The van der Waals surface area contributed by atoms with Crippen molar-refractivity contribution in [1.82, 2.24) is 10.4 Å². The fraction of sp³-hybridized carbons (Fsp3) is 0.778. The van der Waals surface area contributed by atoms with Crippen molar-refractivity contribution in [1.29, 1.82) is 0 Å². The number of hydrogen-bond acceptors (Lipinski definition) is 3. The Morgan fingerprint density at radius 1 is 1.62 bits per heavy atom. The van der Waals surface area contributed by atoms with Gasteiger partial charge in [-0.25, -0.2) is 5.43 Å². The zero-order chi connectivity index (χ0) is 9.47. The summed E-state index contributed by atoms with van der Waals surface area (Å²) in [5.41, 5.74) is 3.27. The Morgan fingerprint density at radius 3 is 2.77 bits per heavy atom. The summed E-state index contributed by atoms with van der Waals surface area (Å²) >= 11 is 0.